The molecule has 0 atom stereocenters. The summed E-state index contributed by atoms with van der Waals surface area (Å²) in [5.74, 6) is 1.29. The summed E-state index contributed by atoms with van der Waals surface area (Å²) in [6.45, 7) is 1.97. The zero-order valence-electron chi connectivity index (χ0n) is 9.14. The highest BCUT2D eigenvalue weighted by atomic mass is 35.5. The van der Waals surface area contributed by atoms with E-state index in [4.69, 9.17) is 0 Å². The van der Waals surface area contributed by atoms with E-state index in [0.717, 1.165) is 13.1 Å². The monoisotopic (exact) mass is 265 g/mol. The topological polar surface area (TPSA) is 52.7 Å². The van der Waals surface area contributed by atoms with Gasteiger partial charge in [-0.15, -0.1) is 24.2 Å². The van der Waals surface area contributed by atoms with Crippen molar-refractivity contribution in [3.05, 3.63) is 0 Å². The van der Waals surface area contributed by atoms with Crippen molar-refractivity contribution in [1.29, 1.82) is 0 Å². The van der Waals surface area contributed by atoms with E-state index in [-0.39, 0.29) is 30.8 Å². The van der Waals surface area contributed by atoms with Gasteiger partial charge in [-0.3, -0.25) is 9.59 Å². The first-order valence-electron chi connectivity index (χ1n) is 5.00. The highest BCUT2D eigenvalue weighted by Crippen LogP contribution is 2.15. The molecule has 0 aromatic heterocycles. The Morgan fingerprint density at radius 3 is 2.75 bits per heavy atom. The van der Waals surface area contributed by atoms with E-state index >= 15 is 0 Å². The maximum Gasteiger partial charge on any atom is 0.242 e. The zero-order valence-corrected chi connectivity index (χ0v) is 10.8. The maximum absolute atomic E-state index is 11.8. The Hall–Kier alpha value is -0.460. The SMILES string of the molecule is CN(C(=O)CN1CSCC1=O)C1CNC1.Cl. The van der Waals surface area contributed by atoms with Crippen LogP contribution in [0.5, 0.6) is 0 Å². The minimum atomic E-state index is 0. The summed E-state index contributed by atoms with van der Waals surface area (Å²) in [4.78, 5) is 26.4. The lowest BCUT2D eigenvalue weighted by Crippen LogP contribution is -2.58. The van der Waals surface area contributed by atoms with Crippen molar-refractivity contribution in [3.63, 3.8) is 0 Å². The van der Waals surface area contributed by atoms with Crippen LogP contribution in [-0.4, -0.2) is 66.0 Å². The third-order valence-corrected chi connectivity index (χ3v) is 3.80. The Kier molecular flexibility index (Phi) is 4.89. The quantitative estimate of drug-likeness (QED) is 0.739. The van der Waals surface area contributed by atoms with Crippen LogP contribution >= 0.6 is 24.2 Å². The molecule has 0 aliphatic carbocycles. The van der Waals surface area contributed by atoms with Gasteiger partial charge in [0.05, 0.1) is 17.7 Å². The molecule has 0 aromatic carbocycles. The number of amides is 2. The summed E-state index contributed by atoms with van der Waals surface area (Å²) in [7, 11) is 1.81. The largest absolute Gasteiger partial charge is 0.339 e. The molecule has 2 fully saturated rings. The molecule has 5 nitrogen and oxygen atoms in total. The third kappa shape index (κ3) is 2.81. The van der Waals surface area contributed by atoms with E-state index in [1.54, 1.807) is 21.6 Å². The Morgan fingerprint density at radius 2 is 2.31 bits per heavy atom. The second kappa shape index (κ2) is 5.75. The summed E-state index contributed by atoms with van der Waals surface area (Å²) in [5.41, 5.74) is 0. The molecule has 2 saturated heterocycles. The molecular formula is C9H16ClN3O2S. The average Bonchev–Trinajstić information content (AvgIpc) is 2.49. The number of halogens is 1. The van der Waals surface area contributed by atoms with Gasteiger partial charge in [0, 0.05) is 20.1 Å². The van der Waals surface area contributed by atoms with Gasteiger partial charge >= 0.3 is 0 Å². The van der Waals surface area contributed by atoms with E-state index in [9.17, 15) is 9.59 Å². The van der Waals surface area contributed by atoms with Crippen LogP contribution in [0.25, 0.3) is 0 Å². The van der Waals surface area contributed by atoms with E-state index in [2.05, 4.69) is 5.32 Å². The standard InChI is InChI=1S/C9H15N3O2S.ClH/c1-11(7-2-10-3-7)8(13)4-12-6-15-5-9(12)14;/h7,10H,2-6H2,1H3;1H. The predicted octanol–water partition coefficient (Wildman–Crippen LogP) is -0.629. The van der Waals surface area contributed by atoms with Crippen LogP contribution < -0.4 is 5.32 Å². The van der Waals surface area contributed by atoms with Gasteiger partial charge in [0.1, 0.15) is 6.54 Å². The van der Waals surface area contributed by atoms with Gasteiger partial charge in [0.2, 0.25) is 11.8 Å². The van der Waals surface area contributed by atoms with Crippen LogP contribution in [0, 0.1) is 0 Å². The van der Waals surface area contributed by atoms with Gasteiger partial charge in [0.15, 0.2) is 0 Å². The van der Waals surface area contributed by atoms with Gasteiger partial charge in [-0.1, -0.05) is 0 Å². The predicted molar refractivity (Wildman–Crippen MR) is 65.7 cm³/mol. The molecule has 7 heteroatoms. The van der Waals surface area contributed by atoms with Crippen LogP contribution in [0.4, 0.5) is 0 Å². The van der Waals surface area contributed by atoms with Crippen molar-refractivity contribution in [2.45, 2.75) is 6.04 Å². The molecule has 2 amide bonds. The molecule has 0 bridgehead atoms. The number of carbonyl (C=O) groups excluding carboxylic acids is 2. The minimum Gasteiger partial charge on any atom is -0.339 e. The molecular weight excluding hydrogens is 250 g/mol. The number of likely N-dealkylation sites (N-methyl/N-ethyl adjacent to an activating group) is 1. The molecule has 2 aliphatic heterocycles. The first-order chi connectivity index (χ1) is 7.18. The number of thioether (sulfide) groups is 1. The molecule has 0 saturated carbocycles. The van der Waals surface area contributed by atoms with Gasteiger partial charge in [0.25, 0.3) is 0 Å². The van der Waals surface area contributed by atoms with E-state index in [1.807, 2.05) is 7.05 Å². The fraction of sp³-hybridized carbons (Fsp3) is 0.778. The van der Waals surface area contributed by atoms with E-state index in [1.165, 1.54) is 0 Å². The van der Waals surface area contributed by atoms with Gasteiger partial charge in [-0.05, 0) is 0 Å². The van der Waals surface area contributed by atoms with E-state index in [0.29, 0.717) is 17.7 Å². The van der Waals surface area contributed by atoms with Crippen LogP contribution in [0.3, 0.4) is 0 Å². The summed E-state index contributed by atoms with van der Waals surface area (Å²) in [6.07, 6.45) is 0. The lowest BCUT2D eigenvalue weighted by molar-refractivity contribution is -0.139. The second-order valence-corrected chi connectivity index (χ2v) is 4.84. The number of rotatable bonds is 3. The van der Waals surface area contributed by atoms with E-state index < -0.39 is 0 Å². The Morgan fingerprint density at radius 1 is 1.62 bits per heavy atom. The normalized spacial score (nSPS) is 20.3. The highest BCUT2D eigenvalue weighted by Gasteiger charge is 2.29. The van der Waals surface area contributed by atoms with Gasteiger partial charge in [-0.25, -0.2) is 0 Å². The van der Waals surface area contributed by atoms with Crippen molar-refractivity contribution in [2.24, 2.45) is 0 Å². The first-order valence-corrected chi connectivity index (χ1v) is 6.16. The minimum absolute atomic E-state index is 0. The summed E-state index contributed by atoms with van der Waals surface area (Å²) < 4.78 is 0. The Balaban J connectivity index is 0.00000128. The molecule has 2 heterocycles. The van der Waals surface area contributed by atoms with Gasteiger partial charge < -0.3 is 15.1 Å². The summed E-state index contributed by atoms with van der Waals surface area (Å²) in [6, 6.07) is 0.308. The molecule has 0 unspecified atom stereocenters. The molecule has 16 heavy (non-hydrogen) atoms. The Bertz CT molecular complexity index is 286. The van der Waals surface area contributed by atoms with Crippen molar-refractivity contribution in [3.8, 4) is 0 Å². The molecule has 92 valence electrons. The lowest BCUT2D eigenvalue weighted by atomic mass is 10.1. The van der Waals surface area contributed by atoms with Crippen LogP contribution in [0.1, 0.15) is 0 Å². The number of carbonyl (C=O) groups is 2. The summed E-state index contributed by atoms with van der Waals surface area (Å²) in [5, 5.41) is 3.12. The Labute approximate surface area is 105 Å². The first kappa shape index (κ1) is 13.6. The highest BCUT2D eigenvalue weighted by molar-refractivity contribution is 8.00. The number of nitrogens with zero attached hydrogens (tertiary/aromatic N) is 2. The van der Waals surface area contributed by atoms with Crippen LogP contribution in [0.2, 0.25) is 0 Å². The van der Waals surface area contributed by atoms with Crippen molar-refractivity contribution in [2.75, 3.05) is 38.3 Å². The molecule has 0 spiro atoms. The molecule has 2 aliphatic rings. The lowest BCUT2D eigenvalue weighted by Gasteiger charge is -2.36. The van der Waals surface area contributed by atoms with Crippen molar-refractivity contribution in [1.82, 2.24) is 15.1 Å². The maximum atomic E-state index is 11.8. The van der Waals surface area contributed by atoms with Crippen molar-refractivity contribution >= 4 is 36.0 Å². The second-order valence-electron chi connectivity index (χ2n) is 3.89. The molecule has 1 N–H and O–H groups in total. The van der Waals surface area contributed by atoms with Crippen molar-refractivity contribution < 1.29 is 9.59 Å². The number of hydrogen-bond acceptors (Lipinski definition) is 4. The third-order valence-electron chi connectivity index (χ3n) is 2.85. The fourth-order valence-electron chi connectivity index (χ4n) is 1.57. The van der Waals surface area contributed by atoms with Crippen LogP contribution in [-0.2, 0) is 9.59 Å². The average molecular weight is 266 g/mol. The molecule has 0 radical (unpaired) electrons. The summed E-state index contributed by atoms with van der Waals surface area (Å²) >= 11 is 1.57. The molecule has 0 aromatic rings. The number of nitrogens with one attached hydrogen (secondary N) is 1. The fourth-order valence-corrected chi connectivity index (χ4v) is 2.47. The smallest absolute Gasteiger partial charge is 0.242 e. The number of hydrogen-bond donors (Lipinski definition) is 1. The van der Waals surface area contributed by atoms with Gasteiger partial charge in [-0.2, -0.15) is 0 Å². The molecule has 2 rings (SSSR count). The van der Waals surface area contributed by atoms with Crippen LogP contribution in [0.15, 0.2) is 0 Å². The zero-order chi connectivity index (χ0) is 10.8.